The fraction of sp³-hybridized carbons (Fsp3) is 0.208. The Kier molecular flexibility index (Phi) is 5.77. The number of amides is 1. The normalized spacial score (nSPS) is 11.1. The maximum absolute atomic E-state index is 14.7. The van der Waals surface area contributed by atoms with Crippen LogP contribution in [0.2, 0.25) is 0 Å². The number of aryl methyl sites for hydroxylation is 1. The Bertz CT molecular complexity index is 1320. The van der Waals surface area contributed by atoms with Gasteiger partial charge in [0, 0.05) is 53.9 Å². The molecule has 0 radical (unpaired) electrons. The first-order valence-corrected chi connectivity index (χ1v) is 10.2. The van der Waals surface area contributed by atoms with E-state index < -0.39 is 11.7 Å². The maximum atomic E-state index is 14.7. The van der Waals surface area contributed by atoms with Crippen molar-refractivity contribution in [2.75, 3.05) is 17.7 Å². The summed E-state index contributed by atoms with van der Waals surface area (Å²) in [5, 5.41) is 6.62. The third-order valence-corrected chi connectivity index (χ3v) is 5.19. The molecule has 0 saturated carbocycles. The first kappa shape index (κ1) is 21.3. The van der Waals surface area contributed by atoms with Crippen molar-refractivity contribution in [1.29, 1.82) is 0 Å². The molecule has 1 amide bonds. The molecule has 8 heteroatoms. The van der Waals surface area contributed by atoms with Gasteiger partial charge in [-0.1, -0.05) is 13.8 Å². The van der Waals surface area contributed by atoms with E-state index in [0.717, 1.165) is 33.5 Å². The van der Waals surface area contributed by atoms with Gasteiger partial charge in [-0.15, -0.1) is 0 Å². The van der Waals surface area contributed by atoms with E-state index in [4.69, 9.17) is 0 Å². The van der Waals surface area contributed by atoms with Gasteiger partial charge in [0.2, 0.25) is 0 Å². The molecule has 4 aromatic rings. The highest BCUT2D eigenvalue weighted by Gasteiger charge is 2.18. The summed E-state index contributed by atoms with van der Waals surface area (Å²) in [6.45, 7) is 5.54. The van der Waals surface area contributed by atoms with Crippen LogP contribution >= 0.6 is 0 Å². The fourth-order valence-corrected chi connectivity index (χ4v) is 3.44. The Morgan fingerprint density at radius 3 is 2.59 bits per heavy atom. The summed E-state index contributed by atoms with van der Waals surface area (Å²) in [6.07, 6.45) is 6.51. The molecule has 0 aliphatic heterocycles. The Balaban J connectivity index is 1.66. The minimum atomic E-state index is -0.604. The summed E-state index contributed by atoms with van der Waals surface area (Å²) < 4.78 is 14.7. The number of aromatic nitrogens is 4. The fourth-order valence-electron chi connectivity index (χ4n) is 3.44. The van der Waals surface area contributed by atoms with Gasteiger partial charge >= 0.3 is 0 Å². The van der Waals surface area contributed by atoms with Crippen LogP contribution in [0.4, 0.5) is 15.9 Å². The zero-order chi connectivity index (χ0) is 22.8. The summed E-state index contributed by atoms with van der Waals surface area (Å²) in [6, 6.07) is 7.02. The number of nitrogens with one attached hydrogen (secondary N) is 2. The molecule has 0 aromatic carbocycles. The summed E-state index contributed by atoms with van der Waals surface area (Å²) in [5.41, 5.74) is 3.92. The number of hydrogen-bond donors (Lipinski definition) is 2. The van der Waals surface area contributed by atoms with E-state index in [1.54, 1.807) is 31.7 Å². The number of nitrogens with zero attached hydrogens (tertiary/aromatic N) is 4. The van der Waals surface area contributed by atoms with Crippen LogP contribution in [-0.2, 0) is 0 Å². The van der Waals surface area contributed by atoms with Crippen molar-refractivity contribution in [3.63, 3.8) is 0 Å². The number of carbonyl (C=O) groups is 1. The van der Waals surface area contributed by atoms with Gasteiger partial charge in [-0.25, -0.2) is 9.37 Å². The summed E-state index contributed by atoms with van der Waals surface area (Å²) in [7, 11) is 1.80. The molecule has 0 aliphatic carbocycles. The molecular formula is C24H23FN6O. The molecule has 0 saturated heterocycles. The van der Waals surface area contributed by atoms with Crippen LogP contribution in [-0.4, -0.2) is 32.9 Å². The molecule has 4 rings (SSSR count). The second-order valence-electron chi connectivity index (χ2n) is 7.76. The molecule has 162 valence electrons. The van der Waals surface area contributed by atoms with Crippen LogP contribution in [0, 0.1) is 12.7 Å². The number of fused-ring (bicyclic) bond motifs is 1. The monoisotopic (exact) mass is 430 g/mol. The maximum Gasteiger partial charge on any atom is 0.258 e. The molecule has 0 fully saturated rings. The van der Waals surface area contributed by atoms with Gasteiger partial charge in [0.1, 0.15) is 5.82 Å². The number of carbonyl (C=O) groups excluding carboxylic acids is 1. The van der Waals surface area contributed by atoms with Gasteiger partial charge in [-0.2, -0.15) is 0 Å². The second kappa shape index (κ2) is 8.66. The molecule has 2 N–H and O–H groups in total. The van der Waals surface area contributed by atoms with Gasteiger partial charge in [0.05, 0.1) is 28.7 Å². The number of rotatable bonds is 5. The third-order valence-electron chi connectivity index (χ3n) is 5.19. The van der Waals surface area contributed by atoms with Crippen molar-refractivity contribution in [3.8, 4) is 11.1 Å². The van der Waals surface area contributed by atoms with Crippen LogP contribution < -0.4 is 10.6 Å². The average Bonchev–Trinajstić information content (AvgIpc) is 2.79. The van der Waals surface area contributed by atoms with Gasteiger partial charge < -0.3 is 10.6 Å². The first-order valence-electron chi connectivity index (χ1n) is 10.2. The van der Waals surface area contributed by atoms with E-state index in [1.807, 2.05) is 32.9 Å². The Morgan fingerprint density at radius 1 is 1.03 bits per heavy atom. The Labute approximate surface area is 185 Å². The lowest BCUT2D eigenvalue weighted by Gasteiger charge is -2.12. The van der Waals surface area contributed by atoms with E-state index in [1.165, 1.54) is 12.3 Å². The van der Waals surface area contributed by atoms with Crippen molar-refractivity contribution in [3.05, 3.63) is 71.8 Å². The van der Waals surface area contributed by atoms with Crippen molar-refractivity contribution in [2.45, 2.75) is 26.7 Å². The number of pyridine rings is 4. The van der Waals surface area contributed by atoms with Gasteiger partial charge in [0.25, 0.3) is 5.91 Å². The summed E-state index contributed by atoms with van der Waals surface area (Å²) in [4.78, 5) is 30.1. The number of hydrogen-bond acceptors (Lipinski definition) is 6. The van der Waals surface area contributed by atoms with Crippen LogP contribution in [0.15, 0.2) is 49.1 Å². The topological polar surface area (TPSA) is 92.7 Å². The lowest BCUT2D eigenvalue weighted by atomic mass is 10.0. The summed E-state index contributed by atoms with van der Waals surface area (Å²) >= 11 is 0. The first-order chi connectivity index (χ1) is 15.4. The lowest BCUT2D eigenvalue weighted by Crippen LogP contribution is -2.16. The second-order valence-corrected chi connectivity index (χ2v) is 7.76. The molecule has 4 heterocycles. The SMILES string of the molecule is CNc1cc2ncc(-c3cc(NC(=O)c4ccnc(C(C)C)c4F)cnc3C)cc2cn1. The van der Waals surface area contributed by atoms with Crippen molar-refractivity contribution in [1.82, 2.24) is 19.9 Å². The van der Waals surface area contributed by atoms with E-state index in [-0.39, 0.29) is 17.2 Å². The van der Waals surface area contributed by atoms with Crippen LogP contribution in [0.25, 0.3) is 22.0 Å². The number of anilines is 2. The molecule has 4 aromatic heterocycles. The zero-order valence-electron chi connectivity index (χ0n) is 18.3. The smallest absolute Gasteiger partial charge is 0.258 e. The molecule has 7 nitrogen and oxygen atoms in total. The predicted molar refractivity (Wildman–Crippen MR) is 123 cm³/mol. The van der Waals surface area contributed by atoms with E-state index in [0.29, 0.717) is 5.69 Å². The van der Waals surface area contributed by atoms with Gasteiger partial charge in [-0.05, 0) is 31.0 Å². The van der Waals surface area contributed by atoms with Crippen LogP contribution in [0.1, 0.15) is 41.5 Å². The molecule has 0 aliphatic rings. The molecule has 0 unspecified atom stereocenters. The lowest BCUT2D eigenvalue weighted by molar-refractivity contribution is 0.102. The van der Waals surface area contributed by atoms with Crippen molar-refractivity contribution < 1.29 is 9.18 Å². The molecule has 0 atom stereocenters. The highest BCUT2D eigenvalue weighted by molar-refractivity contribution is 6.04. The standard InChI is InChI=1S/C24H23FN6O/c1-13(2)23-22(25)18(5-6-27-23)24(32)31-17-8-19(14(3)28-12-17)15-7-16-11-30-21(26-4)9-20(16)29-10-15/h5-13H,1-4H3,(H,26,30)(H,31,32). The molecule has 0 bridgehead atoms. The molecular weight excluding hydrogens is 407 g/mol. The molecule has 32 heavy (non-hydrogen) atoms. The Morgan fingerprint density at radius 2 is 1.84 bits per heavy atom. The van der Waals surface area contributed by atoms with Gasteiger partial charge in [-0.3, -0.25) is 19.7 Å². The van der Waals surface area contributed by atoms with Crippen molar-refractivity contribution >= 4 is 28.3 Å². The highest BCUT2D eigenvalue weighted by atomic mass is 19.1. The average molecular weight is 430 g/mol. The summed E-state index contributed by atoms with van der Waals surface area (Å²) in [5.74, 6) is -0.546. The zero-order valence-corrected chi connectivity index (χ0v) is 18.3. The van der Waals surface area contributed by atoms with Gasteiger partial charge in [0.15, 0.2) is 5.82 Å². The minimum Gasteiger partial charge on any atom is -0.373 e. The van der Waals surface area contributed by atoms with Crippen molar-refractivity contribution in [2.24, 2.45) is 0 Å². The van der Waals surface area contributed by atoms with E-state index >= 15 is 0 Å². The largest absolute Gasteiger partial charge is 0.373 e. The Hall–Kier alpha value is -3.94. The van der Waals surface area contributed by atoms with E-state index in [2.05, 4.69) is 30.6 Å². The number of halogens is 1. The molecule has 0 spiro atoms. The predicted octanol–water partition coefficient (Wildman–Crippen LogP) is 4.95. The van der Waals surface area contributed by atoms with Crippen LogP contribution in [0.3, 0.4) is 0 Å². The highest BCUT2D eigenvalue weighted by Crippen LogP contribution is 2.28. The quantitative estimate of drug-likeness (QED) is 0.465. The van der Waals surface area contributed by atoms with Crippen LogP contribution in [0.5, 0.6) is 0 Å². The minimum absolute atomic E-state index is 0.0513. The van der Waals surface area contributed by atoms with E-state index in [9.17, 15) is 9.18 Å². The third kappa shape index (κ3) is 4.12.